The summed E-state index contributed by atoms with van der Waals surface area (Å²) in [6.07, 6.45) is 1.71. The first kappa shape index (κ1) is 20.0. The van der Waals surface area contributed by atoms with Gasteiger partial charge in [0.25, 0.3) is 17.1 Å². The van der Waals surface area contributed by atoms with Gasteiger partial charge in [-0.05, 0) is 53.5 Å². The van der Waals surface area contributed by atoms with Crippen LogP contribution in [0.25, 0.3) is 6.08 Å². The third kappa shape index (κ3) is 5.14. The van der Waals surface area contributed by atoms with Gasteiger partial charge in [-0.15, -0.1) is 11.3 Å². The smallest absolute Gasteiger partial charge is 0.293 e. The van der Waals surface area contributed by atoms with Crippen LogP contribution in [0.3, 0.4) is 0 Å². The molecule has 0 unspecified atom stereocenters. The van der Waals surface area contributed by atoms with Gasteiger partial charge in [-0.3, -0.25) is 19.3 Å². The predicted molar refractivity (Wildman–Crippen MR) is 108 cm³/mol. The molecule has 1 aromatic heterocycles. The number of nitrogens with zero attached hydrogens (tertiary/aromatic N) is 1. The third-order valence-corrected chi connectivity index (χ3v) is 5.50. The summed E-state index contributed by atoms with van der Waals surface area (Å²) < 4.78 is 10.4. The van der Waals surface area contributed by atoms with Gasteiger partial charge in [0.1, 0.15) is 11.5 Å². The quantitative estimate of drug-likeness (QED) is 0.664. The van der Waals surface area contributed by atoms with E-state index in [0.29, 0.717) is 16.4 Å². The van der Waals surface area contributed by atoms with Crippen molar-refractivity contribution in [1.29, 1.82) is 0 Å². The number of thioether (sulfide) groups is 1. The first-order valence-corrected chi connectivity index (χ1v) is 10.1. The fourth-order valence-corrected chi connectivity index (χ4v) is 3.96. The summed E-state index contributed by atoms with van der Waals surface area (Å²) in [7, 11) is 1.57. The Morgan fingerprint density at radius 3 is 2.61 bits per heavy atom. The molecule has 0 spiro atoms. The largest absolute Gasteiger partial charge is 0.497 e. The number of amides is 3. The number of benzene rings is 1. The molecule has 9 heteroatoms. The molecule has 3 amide bonds. The van der Waals surface area contributed by atoms with Gasteiger partial charge in [-0.25, -0.2) is 0 Å². The molecule has 2 heterocycles. The standard InChI is InChI=1S/C19H18N2O5S2/c1-25-13-4-6-14(7-5-13)26-12-17(22)20-8-9-21-18(23)16(28-19(21)24)11-15-3-2-10-27-15/h2-7,10-11H,8-9,12H2,1H3,(H,20,22). The third-order valence-electron chi connectivity index (χ3n) is 3.78. The highest BCUT2D eigenvalue weighted by atomic mass is 32.2. The van der Waals surface area contributed by atoms with E-state index in [4.69, 9.17) is 9.47 Å². The van der Waals surface area contributed by atoms with Crippen molar-refractivity contribution in [3.05, 3.63) is 51.6 Å². The molecular formula is C19H18N2O5S2. The number of thiophene rings is 1. The SMILES string of the molecule is COc1ccc(OCC(=O)NCCN2C(=O)SC(=Cc3cccs3)C2=O)cc1. The molecule has 28 heavy (non-hydrogen) atoms. The Balaban J connectivity index is 1.43. The summed E-state index contributed by atoms with van der Waals surface area (Å²) in [5, 5.41) is 4.21. The molecule has 0 atom stereocenters. The van der Waals surface area contributed by atoms with E-state index in [-0.39, 0.29) is 36.7 Å². The summed E-state index contributed by atoms with van der Waals surface area (Å²) >= 11 is 2.40. The molecule has 0 saturated carbocycles. The summed E-state index contributed by atoms with van der Waals surface area (Å²) in [6.45, 7) is 0.113. The minimum Gasteiger partial charge on any atom is -0.497 e. The second kappa shape index (κ2) is 9.43. The number of imide groups is 1. The van der Waals surface area contributed by atoms with Gasteiger partial charge in [0.15, 0.2) is 6.61 Å². The van der Waals surface area contributed by atoms with Crippen molar-refractivity contribution in [2.75, 3.05) is 26.8 Å². The fourth-order valence-electron chi connectivity index (χ4n) is 2.37. The van der Waals surface area contributed by atoms with E-state index in [2.05, 4.69) is 5.32 Å². The lowest BCUT2D eigenvalue weighted by Gasteiger charge is -2.13. The van der Waals surface area contributed by atoms with E-state index < -0.39 is 0 Å². The van der Waals surface area contributed by atoms with Crippen molar-refractivity contribution in [2.45, 2.75) is 0 Å². The second-order valence-corrected chi connectivity index (χ2v) is 7.64. The molecule has 1 saturated heterocycles. The molecule has 1 fully saturated rings. The fraction of sp³-hybridized carbons (Fsp3) is 0.211. The molecule has 0 bridgehead atoms. The van der Waals surface area contributed by atoms with Crippen molar-refractivity contribution in [3.8, 4) is 11.5 Å². The summed E-state index contributed by atoms with van der Waals surface area (Å²) in [4.78, 5) is 38.7. The molecular weight excluding hydrogens is 400 g/mol. The molecule has 1 aromatic carbocycles. The van der Waals surface area contributed by atoms with Crippen molar-refractivity contribution >= 4 is 46.2 Å². The van der Waals surface area contributed by atoms with Crippen LogP contribution in [0.5, 0.6) is 11.5 Å². The highest BCUT2D eigenvalue weighted by Gasteiger charge is 2.34. The van der Waals surface area contributed by atoms with Crippen molar-refractivity contribution in [3.63, 3.8) is 0 Å². The van der Waals surface area contributed by atoms with E-state index in [1.54, 1.807) is 37.5 Å². The van der Waals surface area contributed by atoms with Gasteiger partial charge < -0.3 is 14.8 Å². The summed E-state index contributed by atoms with van der Waals surface area (Å²) in [5.74, 6) is 0.562. The lowest BCUT2D eigenvalue weighted by atomic mass is 10.3. The predicted octanol–water partition coefficient (Wildman–Crippen LogP) is 2.99. The number of ether oxygens (including phenoxy) is 2. The molecule has 2 aromatic rings. The maximum Gasteiger partial charge on any atom is 0.293 e. The normalized spacial score (nSPS) is 15.2. The second-order valence-electron chi connectivity index (χ2n) is 5.66. The van der Waals surface area contributed by atoms with Crippen LogP contribution in [0.4, 0.5) is 4.79 Å². The number of carbonyl (C=O) groups is 3. The molecule has 146 valence electrons. The molecule has 1 N–H and O–H groups in total. The van der Waals surface area contributed by atoms with Gasteiger partial charge in [0, 0.05) is 18.0 Å². The Morgan fingerprint density at radius 1 is 1.18 bits per heavy atom. The minimum absolute atomic E-state index is 0.112. The van der Waals surface area contributed by atoms with E-state index >= 15 is 0 Å². The lowest BCUT2D eigenvalue weighted by Crippen LogP contribution is -2.38. The van der Waals surface area contributed by atoms with Crippen molar-refractivity contribution in [2.24, 2.45) is 0 Å². The minimum atomic E-state index is -0.341. The Morgan fingerprint density at radius 2 is 1.93 bits per heavy atom. The van der Waals surface area contributed by atoms with Gasteiger partial charge in [0.2, 0.25) is 0 Å². The zero-order valence-corrected chi connectivity index (χ0v) is 16.7. The van der Waals surface area contributed by atoms with Gasteiger partial charge >= 0.3 is 0 Å². The van der Waals surface area contributed by atoms with Crippen LogP contribution >= 0.6 is 23.1 Å². The van der Waals surface area contributed by atoms with E-state index in [0.717, 1.165) is 21.5 Å². The van der Waals surface area contributed by atoms with Crippen LogP contribution in [0.2, 0.25) is 0 Å². The van der Waals surface area contributed by atoms with Gasteiger partial charge in [-0.1, -0.05) is 6.07 Å². The molecule has 7 nitrogen and oxygen atoms in total. The number of hydrogen-bond acceptors (Lipinski definition) is 7. The first-order chi connectivity index (χ1) is 13.6. The average Bonchev–Trinajstić information content (AvgIpc) is 3.30. The Bertz CT molecular complexity index is 878. The Hall–Kier alpha value is -2.78. The number of hydrogen-bond donors (Lipinski definition) is 1. The maximum atomic E-state index is 12.4. The summed E-state index contributed by atoms with van der Waals surface area (Å²) in [5.41, 5.74) is 0. The van der Waals surface area contributed by atoms with Gasteiger partial charge in [-0.2, -0.15) is 0 Å². The van der Waals surface area contributed by atoms with Crippen LogP contribution in [-0.4, -0.2) is 48.8 Å². The number of rotatable bonds is 8. The average molecular weight is 418 g/mol. The number of methoxy groups -OCH3 is 1. The zero-order chi connectivity index (χ0) is 19.9. The van der Waals surface area contributed by atoms with Crippen molar-refractivity contribution in [1.82, 2.24) is 10.2 Å². The molecule has 1 aliphatic heterocycles. The molecule has 3 rings (SSSR count). The summed E-state index contributed by atoms with van der Waals surface area (Å²) in [6, 6.07) is 10.6. The highest BCUT2D eigenvalue weighted by molar-refractivity contribution is 8.18. The monoisotopic (exact) mass is 418 g/mol. The van der Waals surface area contributed by atoms with Crippen LogP contribution in [0, 0.1) is 0 Å². The number of nitrogens with one attached hydrogen (secondary N) is 1. The topological polar surface area (TPSA) is 84.9 Å². The molecule has 0 radical (unpaired) electrons. The van der Waals surface area contributed by atoms with Crippen LogP contribution in [0.1, 0.15) is 4.88 Å². The zero-order valence-electron chi connectivity index (χ0n) is 15.0. The lowest BCUT2D eigenvalue weighted by molar-refractivity contribution is -0.125. The van der Waals surface area contributed by atoms with Crippen LogP contribution < -0.4 is 14.8 Å². The maximum absolute atomic E-state index is 12.4. The van der Waals surface area contributed by atoms with Crippen LogP contribution in [-0.2, 0) is 9.59 Å². The first-order valence-electron chi connectivity index (χ1n) is 8.39. The Labute approximate surface area is 170 Å². The van der Waals surface area contributed by atoms with E-state index in [1.165, 1.54) is 11.3 Å². The van der Waals surface area contributed by atoms with Gasteiger partial charge in [0.05, 0.1) is 12.0 Å². The molecule has 1 aliphatic rings. The van der Waals surface area contributed by atoms with E-state index in [1.807, 2.05) is 17.5 Å². The number of carbonyl (C=O) groups excluding carboxylic acids is 3. The Kier molecular flexibility index (Phi) is 6.72. The highest BCUT2D eigenvalue weighted by Crippen LogP contribution is 2.32. The van der Waals surface area contributed by atoms with Crippen LogP contribution in [0.15, 0.2) is 46.7 Å². The van der Waals surface area contributed by atoms with E-state index in [9.17, 15) is 14.4 Å². The molecule has 0 aliphatic carbocycles. The van der Waals surface area contributed by atoms with Crippen molar-refractivity contribution < 1.29 is 23.9 Å².